The van der Waals surface area contributed by atoms with E-state index in [9.17, 15) is 9.59 Å². The highest BCUT2D eigenvalue weighted by molar-refractivity contribution is 5.81. The summed E-state index contributed by atoms with van der Waals surface area (Å²) in [6.45, 7) is 5.41. The molecule has 3 rings (SSSR count). The molecule has 6 heteroatoms. The molecular weight excluding hydrogens is 364 g/mol. The van der Waals surface area contributed by atoms with Gasteiger partial charge in [-0.1, -0.05) is 56.0 Å². The molecule has 1 heterocycles. The van der Waals surface area contributed by atoms with Gasteiger partial charge in [0.2, 0.25) is 5.91 Å². The quantitative estimate of drug-likeness (QED) is 0.773. The lowest BCUT2D eigenvalue weighted by atomic mass is 10.1. The summed E-state index contributed by atoms with van der Waals surface area (Å²) in [5.74, 6) is 0.137. The number of nitrogens with one attached hydrogen (secondary N) is 1. The molecule has 29 heavy (non-hydrogen) atoms. The minimum Gasteiger partial charge on any atom is -0.352 e. The fourth-order valence-corrected chi connectivity index (χ4v) is 4.38. The first kappa shape index (κ1) is 21.6. The number of piperazine rings is 1. The first-order valence-electron chi connectivity index (χ1n) is 11.1. The molecule has 1 saturated carbocycles. The van der Waals surface area contributed by atoms with Crippen molar-refractivity contribution in [2.45, 2.75) is 64.1 Å². The van der Waals surface area contributed by atoms with E-state index in [1.54, 1.807) is 4.90 Å². The zero-order valence-electron chi connectivity index (χ0n) is 18.0. The van der Waals surface area contributed by atoms with Gasteiger partial charge in [-0.05, 0) is 25.3 Å². The van der Waals surface area contributed by atoms with Gasteiger partial charge in [0, 0.05) is 45.8 Å². The maximum atomic E-state index is 12.8. The van der Waals surface area contributed by atoms with Gasteiger partial charge in [0.25, 0.3) is 0 Å². The van der Waals surface area contributed by atoms with Gasteiger partial charge in [0.15, 0.2) is 0 Å². The molecule has 0 radical (unpaired) electrons. The molecule has 1 aromatic carbocycles. The number of carbonyl (C=O) groups excluding carboxylic acids is 2. The smallest absolute Gasteiger partial charge is 0.320 e. The van der Waals surface area contributed by atoms with Gasteiger partial charge < -0.3 is 15.1 Å². The number of hydrogen-bond donors (Lipinski definition) is 1. The minimum atomic E-state index is -0.141. The normalized spacial score (nSPS) is 20.0. The maximum Gasteiger partial charge on any atom is 0.320 e. The highest BCUT2D eigenvalue weighted by atomic mass is 16.2. The third kappa shape index (κ3) is 6.20. The predicted molar refractivity (Wildman–Crippen MR) is 116 cm³/mol. The molecule has 0 spiro atoms. The molecule has 2 fully saturated rings. The molecule has 160 valence electrons. The summed E-state index contributed by atoms with van der Waals surface area (Å²) < 4.78 is 0. The van der Waals surface area contributed by atoms with Gasteiger partial charge in [-0.2, -0.15) is 0 Å². The van der Waals surface area contributed by atoms with E-state index in [1.807, 2.05) is 49.2 Å². The second-order valence-electron chi connectivity index (χ2n) is 8.52. The number of carbonyl (C=O) groups is 2. The highest BCUT2D eigenvalue weighted by Crippen LogP contribution is 2.18. The van der Waals surface area contributed by atoms with Crippen molar-refractivity contribution in [2.24, 2.45) is 0 Å². The van der Waals surface area contributed by atoms with Crippen LogP contribution in [0.5, 0.6) is 0 Å². The summed E-state index contributed by atoms with van der Waals surface area (Å²) >= 11 is 0. The van der Waals surface area contributed by atoms with E-state index in [0.717, 1.165) is 31.5 Å². The topological polar surface area (TPSA) is 55.9 Å². The average Bonchev–Trinajstić information content (AvgIpc) is 3.02. The SMILES string of the molecule is C[C@@H](C(=O)NC1CCCCCC1)N1CCN(C(=O)N(C)Cc2ccccc2)CC1. The molecule has 3 amide bonds. The summed E-state index contributed by atoms with van der Waals surface area (Å²) in [5, 5.41) is 3.27. The van der Waals surface area contributed by atoms with Crippen LogP contribution in [0.1, 0.15) is 51.0 Å². The molecule has 1 saturated heterocycles. The highest BCUT2D eigenvalue weighted by Gasteiger charge is 2.29. The Bertz CT molecular complexity index is 650. The molecule has 6 nitrogen and oxygen atoms in total. The van der Waals surface area contributed by atoms with Crippen molar-refractivity contribution in [3.05, 3.63) is 35.9 Å². The van der Waals surface area contributed by atoms with Crippen LogP contribution < -0.4 is 5.32 Å². The zero-order valence-corrected chi connectivity index (χ0v) is 18.0. The van der Waals surface area contributed by atoms with Gasteiger partial charge in [-0.25, -0.2) is 4.79 Å². The van der Waals surface area contributed by atoms with Crippen LogP contribution in [0.2, 0.25) is 0 Å². The largest absolute Gasteiger partial charge is 0.352 e. The van der Waals surface area contributed by atoms with Crippen LogP contribution in [-0.2, 0) is 11.3 Å². The number of hydrogen-bond acceptors (Lipinski definition) is 3. The third-order valence-electron chi connectivity index (χ3n) is 6.30. The molecule has 1 N–H and O–H groups in total. The van der Waals surface area contributed by atoms with Crippen LogP contribution in [0.25, 0.3) is 0 Å². The zero-order chi connectivity index (χ0) is 20.6. The molecule has 0 bridgehead atoms. The molecule has 1 aromatic rings. The number of nitrogens with zero attached hydrogens (tertiary/aromatic N) is 3. The molecular formula is C23H36N4O2. The first-order chi connectivity index (χ1) is 14.0. The van der Waals surface area contributed by atoms with Crippen LogP contribution in [0.4, 0.5) is 4.79 Å². The fraction of sp³-hybridized carbons (Fsp3) is 0.652. The Kier molecular flexibility index (Phi) is 7.92. The van der Waals surface area contributed by atoms with E-state index in [2.05, 4.69) is 10.2 Å². The van der Waals surface area contributed by atoms with Gasteiger partial charge in [0.05, 0.1) is 6.04 Å². The number of amides is 3. The third-order valence-corrected chi connectivity index (χ3v) is 6.30. The number of benzene rings is 1. The van der Waals surface area contributed by atoms with Crippen molar-refractivity contribution in [3.63, 3.8) is 0 Å². The van der Waals surface area contributed by atoms with Crippen LogP contribution >= 0.6 is 0 Å². The Balaban J connectivity index is 1.43. The molecule has 0 unspecified atom stereocenters. The van der Waals surface area contributed by atoms with Crippen molar-refractivity contribution >= 4 is 11.9 Å². The second-order valence-corrected chi connectivity index (χ2v) is 8.52. The lowest BCUT2D eigenvalue weighted by Crippen LogP contribution is -2.57. The summed E-state index contributed by atoms with van der Waals surface area (Å²) in [4.78, 5) is 31.3. The van der Waals surface area contributed by atoms with Gasteiger partial charge in [0.1, 0.15) is 0 Å². The molecule has 1 atom stereocenters. The summed E-state index contributed by atoms with van der Waals surface area (Å²) in [5.41, 5.74) is 1.13. The maximum absolute atomic E-state index is 12.8. The predicted octanol–water partition coefficient (Wildman–Crippen LogP) is 3.08. The number of urea groups is 1. The second kappa shape index (κ2) is 10.6. The van der Waals surface area contributed by atoms with Gasteiger partial charge >= 0.3 is 6.03 Å². The van der Waals surface area contributed by atoms with E-state index in [1.165, 1.54) is 25.7 Å². The summed E-state index contributed by atoms with van der Waals surface area (Å²) in [6.07, 6.45) is 7.23. The van der Waals surface area contributed by atoms with Gasteiger partial charge in [-0.3, -0.25) is 9.69 Å². The Hall–Kier alpha value is -2.08. The van der Waals surface area contributed by atoms with Crippen LogP contribution in [0, 0.1) is 0 Å². The molecule has 1 aliphatic heterocycles. The number of rotatable bonds is 5. The van der Waals surface area contributed by atoms with Crippen LogP contribution in [0.15, 0.2) is 30.3 Å². The Morgan fingerprint density at radius 1 is 1.03 bits per heavy atom. The van der Waals surface area contributed by atoms with E-state index < -0.39 is 0 Å². The fourth-order valence-electron chi connectivity index (χ4n) is 4.38. The van der Waals surface area contributed by atoms with E-state index in [-0.39, 0.29) is 18.0 Å². The average molecular weight is 401 g/mol. The monoisotopic (exact) mass is 400 g/mol. The van der Waals surface area contributed by atoms with E-state index in [4.69, 9.17) is 0 Å². The summed E-state index contributed by atoms with van der Waals surface area (Å²) in [6, 6.07) is 10.3. The van der Waals surface area contributed by atoms with Crippen molar-refractivity contribution in [1.82, 2.24) is 20.0 Å². The van der Waals surface area contributed by atoms with Crippen molar-refractivity contribution in [3.8, 4) is 0 Å². The van der Waals surface area contributed by atoms with Crippen molar-refractivity contribution < 1.29 is 9.59 Å². The molecule has 1 aliphatic carbocycles. The lowest BCUT2D eigenvalue weighted by molar-refractivity contribution is -0.127. The standard InChI is InChI=1S/C23H36N4O2/c1-19(22(28)24-21-12-8-3-4-9-13-21)26-14-16-27(17-15-26)23(29)25(2)18-20-10-6-5-7-11-20/h5-7,10-11,19,21H,3-4,8-9,12-18H2,1-2H3,(H,24,28)/t19-/m0/s1. The van der Waals surface area contributed by atoms with Gasteiger partial charge in [-0.15, -0.1) is 0 Å². The lowest BCUT2D eigenvalue weighted by Gasteiger charge is -2.39. The van der Waals surface area contributed by atoms with E-state index >= 15 is 0 Å². The Morgan fingerprint density at radius 2 is 1.66 bits per heavy atom. The van der Waals surface area contributed by atoms with E-state index in [0.29, 0.717) is 25.7 Å². The minimum absolute atomic E-state index is 0.0593. The van der Waals surface area contributed by atoms with Crippen LogP contribution in [-0.4, -0.2) is 71.9 Å². The van der Waals surface area contributed by atoms with Crippen molar-refractivity contribution in [2.75, 3.05) is 33.2 Å². The molecule has 0 aromatic heterocycles. The van der Waals surface area contributed by atoms with Crippen LogP contribution in [0.3, 0.4) is 0 Å². The first-order valence-corrected chi connectivity index (χ1v) is 11.1. The molecule has 2 aliphatic rings. The summed E-state index contributed by atoms with van der Waals surface area (Å²) in [7, 11) is 1.85. The van der Waals surface area contributed by atoms with Crippen molar-refractivity contribution in [1.29, 1.82) is 0 Å². The Morgan fingerprint density at radius 3 is 2.28 bits per heavy atom. The Labute approximate surface area is 175 Å².